The van der Waals surface area contributed by atoms with E-state index in [-0.39, 0.29) is 0 Å². The third kappa shape index (κ3) is 3.34. The third-order valence-electron chi connectivity index (χ3n) is 4.67. The van der Waals surface area contributed by atoms with Crippen LogP contribution in [-0.2, 0) is 28.5 Å². The maximum Gasteiger partial charge on any atom is 0.353 e. The molecule has 0 aliphatic carbocycles. The van der Waals surface area contributed by atoms with Crippen molar-refractivity contribution >= 4 is 11.9 Å². The Morgan fingerprint density at radius 2 is 1.39 bits per heavy atom. The highest BCUT2D eigenvalue weighted by molar-refractivity contribution is 6.05. The molecule has 1 heterocycles. The number of hydrogen-bond acceptors (Lipinski definition) is 7. The van der Waals surface area contributed by atoms with E-state index in [9.17, 15) is 9.59 Å². The van der Waals surface area contributed by atoms with Crippen LogP contribution in [0.2, 0.25) is 0 Å². The van der Waals surface area contributed by atoms with Crippen LogP contribution in [0.15, 0.2) is 48.5 Å². The minimum absolute atomic E-state index is 0.547. The van der Waals surface area contributed by atoms with Crippen LogP contribution in [0, 0.1) is 6.92 Å². The Morgan fingerprint density at radius 3 is 1.89 bits per heavy atom. The highest BCUT2D eigenvalue weighted by atomic mass is 16.8. The minimum atomic E-state index is -2.09. The number of carbonyl (C=O) groups excluding carboxylic acids is 2. The standard InChI is InChI=1S/C21H22O7/c1-13-5-7-15(8-6-13)18-27-17(14-9-11-16(24-2)12-10-14)21(28-18,19(22)25-3)20(23)26-4/h5-12,17-18H,1-4H3/t17-,18-/m1/s1. The molecule has 7 nitrogen and oxygen atoms in total. The Labute approximate surface area is 163 Å². The summed E-state index contributed by atoms with van der Waals surface area (Å²) in [5.74, 6) is -1.16. The molecule has 2 aromatic rings. The fraction of sp³-hybridized carbons (Fsp3) is 0.333. The highest BCUT2D eigenvalue weighted by Crippen LogP contribution is 2.48. The number of hydrogen-bond donors (Lipinski definition) is 0. The van der Waals surface area contributed by atoms with Crippen LogP contribution in [0.3, 0.4) is 0 Å². The van der Waals surface area contributed by atoms with Gasteiger partial charge >= 0.3 is 11.9 Å². The maximum absolute atomic E-state index is 12.7. The lowest BCUT2D eigenvalue weighted by Crippen LogP contribution is -2.52. The fourth-order valence-electron chi connectivity index (χ4n) is 3.14. The van der Waals surface area contributed by atoms with Gasteiger partial charge in [-0.3, -0.25) is 0 Å². The van der Waals surface area contributed by atoms with Gasteiger partial charge in [0.2, 0.25) is 0 Å². The second kappa shape index (κ2) is 8.00. The second-order valence-corrected chi connectivity index (χ2v) is 6.37. The van der Waals surface area contributed by atoms with Gasteiger partial charge in [-0.1, -0.05) is 42.0 Å². The topological polar surface area (TPSA) is 80.3 Å². The molecular formula is C21H22O7. The molecule has 2 aromatic carbocycles. The van der Waals surface area contributed by atoms with Gasteiger partial charge in [-0.15, -0.1) is 0 Å². The van der Waals surface area contributed by atoms with E-state index >= 15 is 0 Å². The summed E-state index contributed by atoms with van der Waals surface area (Å²) < 4.78 is 26.9. The molecule has 0 unspecified atom stereocenters. The molecule has 1 saturated heterocycles. The van der Waals surface area contributed by atoms with Gasteiger partial charge in [-0.05, 0) is 24.6 Å². The number of esters is 2. The number of carbonyl (C=O) groups is 2. The SMILES string of the molecule is COC(=O)C1(C(=O)OC)O[C@H](c2ccc(C)cc2)O[C@@H]1c1ccc(OC)cc1. The predicted molar refractivity (Wildman–Crippen MR) is 98.6 cm³/mol. The van der Waals surface area contributed by atoms with Crippen molar-refractivity contribution in [3.05, 3.63) is 65.2 Å². The molecule has 28 heavy (non-hydrogen) atoms. The number of ether oxygens (including phenoxy) is 5. The molecule has 3 rings (SSSR count). The number of aryl methyl sites for hydroxylation is 1. The number of methoxy groups -OCH3 is 3. The molecule has 0 spiro atoms. The van der Waals surface area contributed by atoms with Gasteiger partial charge in [0.1, 0.15) is 11.9 Å². The molecular weight excluding hydrogens is 364 g/mol. The van der Waals surface area contributed by atoms with E-state index in [0.717, 1.165) is 5.56 Å². The Hall–Kier alpha value is -2.90. The van der Waals surface area contributed by atoms with E-state index in [1.54, 1.807) is 31.4 Å². The van der Waals surface area contributed by atoms with Crippen molar-refractivity contribution < 1.29 is 33.3 Å². The van der Waals surface area contributed by atoms with E-state index in [0.29, 0.717) is 16.9 Å². The van der Waals surface area contributed by atoms with Crippen LogP contribution in [0.25, 0.3) is 0 Å². The maximum atomic E-state index is 12.7. The van der Waals surface area contributed by atoms with Crippen molar-refractivity contribution in [2.24, 2.45) is 0 Å². The van der Waals surface area contributed by atoms with Crippen molar-refractivity contribution in [3.8, 4) is 5.75 Å². The van der Waals surface area contributed by atoms with Gasteiger partial charge in [0, 0.05) is 5.56 Å². The van der Waals surface area contributed by atoms with Crippen LogP contribution in [0.1, 0.15) is 29.1 Å². The minimum Gasteiger partial charge on any atom is -0.497 e. The lowest BCUT2D eigenvalue weighted by Gasteiger charge is -2.27. The predicted octanol–water partition coefficient (Wildman–Crippen LogP) is 2.88. The molecule has 0 bridgehead atoms. The summed E-state index contributed by atoms with van der Waals surface area (Å²) in [7, 11) is 3.91. The third-order valence-corrected chi connectivity index (χ3v) is 4.67. The molecule has 0 N–H and O–H groups in total. The first kappa shape index (κ1) is 19.9. The monoisotopic (exact) mass is 386 g/mol. The van der Waals surface area contributed by atoms with Crippen LogP contribution < -0.4 is 4.74 Å². The molecule has 0 saturated carbocycles. The van der Waals surface area contributed by atoms with Gasteiger partial charge in [0.25, 0.3) is 5.60 Å². The zero-order valence-electron chi connectivity index (χ0n) is 16.1. The zero-order chi connectivity index (χ0) is 20.3. The summed E-state index contributed by atoms with van der Waals surface area (Å²) in [6.07, 6.45) is -2.02. The Balaban J connectivity index is 2.08. The summed E-state index contributed by atoms with van der Waals surface area (Å²) in [5, 5.41) is 0. The van der Waals surface area contributed by atoms with E-state index < -0.39 is 29.9 Å². The molecule has 1 aliphatic rings. The summed E-state index contributed by atoms with van der Waals surface area (Å²) >= 11 is 0. The first-order valence-corrected chi connectivity index (χ1v) is 8.67. The molecule has 2 atom stereocenters. The van der Waals surface area contributed by atoms with Gasteiger partial charge in [0.15, 0.2) is 6.29 Å². The average Bonchev–Trinajstić information content (AvgIpc) is 3.15. The smallest absolute Gasteiger partial charge is 0.353 e. The quantitative estimate of drug-likeness (QED) is 0.577. The Bertz CT molecular complexity index is 826. The van der Waals surface area contributed by atoms with Crippen LogP contribution in [-0.4, -0.2) is 38.9 Å². The summed E-state index contributed by atoms with van der Waals surface area (Å²) in [4.78, 5) is 25.4. The molecule has 1 fully saturated rings. The fourth-order valence-corrected chi connectivity index (χ4v) is 3.14. The van der Waals surface area contributed by atoms with Crippen LogP contribution in [0.5, 0.6) is 5.75 Å². The van der Waals surface area contributed by atoms with Crippen molar-refractivity contribution in [2.45, 2.75) is 24.9 Å². The van der Waals surface area contributed by atoms with Crippen LogP contribution in [0.4, 0.5) is 0 Å². The average molecular weight is 386 g/mol. The van der Waals surface area contributed by atoms with Gasteiger partial charge in [-0.2, -0.15) is 0 Å². The van der Waals surface area contributed by atoms with Crippen LogP contribution >= 0.6 is 0 Å². The Kier molecular flexibility index (Phi) is 5.67. The van der Waals surface area contributed by atoms with Crippen molar-refractivity contribution in [3.63, 3.8) is 0 Å². The van der Waals surface area contributed by atoms with E-state index in [4.69, 9.17) is 23.7 Å². The lowest BCUT2D eigenvalue weighted by molar-refractivity contribution is -0.188. The number of rotatable bonds is 5. The summed E-state index contributed by atoms with van der Waals surface area (Å²) in [5.41, 5.74) is 0.179. The molecule has 1 aliphatic heterocycles. The largest absolute Gasteiger partial charge is 0.497 e. The molecule has 0 aromatic heterocycles. The first-order chi connectivity index (χ1) is 13.5. The van der Waals surface area contributed by atoms with Crippen molar-refractivity contribution in [1.82, 2.24) is 0 Å². The molecule has 0 radical (unpaired) electrons. The van der Waals surface area contributed by atoms with E-state index in [1.807, 2.05) is 31.2 Å². The number of benzene rings is 2. The van der Waals surface area contributed by atoms with E-state index in [1.165, 1.54) is 14.2 Å². The van der Waals surface area contributed by atoms with Gasteiger partial charge < -0.3 is 23.7 Å². The summed E-state index contributed by atoms with van der Waals surface area (Å²) in [6.45, 7) is 1.95. The second-order valence-electron chi connectivity index (χ2n) is 6.37. The lowest BCUT2D eigenvalue weighted by atomic mass is 9.91. The van der Waals surface area contributed by atoms with Gasteiger partial charge in [-0.25, -0.2) is 9.59 Å². The molecule has 148 valence electrons. The normalized spacial score (nSPS) is 20.4. The highest BCUT2D eigenvalue weighted by Gasteiger charge is 2.64. The molecule has 7 heteroatoms. The van der Waals surface area contributed by atoms with Gasteiger partial charge in [0.05, 0.1) is 21.3 Å². The molecule has 0 amide bonds. The van der Waals surface area contributed by atoms with E-state index in [2.05, 4.69) is 0 Å². The van der Waals surface area contributed by atoms with Crippen molar-refractivity contribution in [1.29, 1.82) is 0 Å². The first-order valence-electron chi connectivity index (χ1n) is 8.67. The summed E-state index contributed by atoms with van der Waals surface area (Å²) in [6, 6.07) is 14.2. The zero-order valence-corrected chi connectivity index (χ0v) is 16.1. The van der Waals surface area contributed by atoms with Crippen molar-refractivity contribution in [2.75, 3.05) is 21.3 Å². The Morgan fingerprint density at radius 1 is 0.857 bits per heavy atom.